The molecule has 1 aliphatic heterocycles. The smallest absolute Gasteiger partial charge is 0.0621 e. The van der Waals surface area contributed by atoms with E-state index in [4.69, 9.17) is 22.2 Å². The fourth-order valence-electron chi connectivity index (χ4n) is 3.01. The lowest BCUT2D eigenvalue weighted by molar-refractivity contribution is -0.0322. The van der Waals surface area contributed by atoms with Crippen LogP contribution in [0.25, 0.3) is 0 Å². The molecule has 1 aliphatic rings. The summed E-state index contributed by atoms with van der Waals surface area (Å²) < 4.78 is 5.47. The predicted molar refractivity (Wildman–Crippen MR) is 85.2 cm³/mol. The number of nitrogens with zero attached hydrogens (tertiary/aromatic N) is 2. The van der Waals surface area contributed by atoms with Gasteiger partial charge in [-0.2, -0.15) is 0 Å². The van der Waals surface area contributed by atoms with Crippen LogP contribution in [0.2, 0.25) is 5.02 Å². The third-order valence-corrected chi connectivity index (χ3v) is 5.02. The normalized spacial score (nSPS) is 21.0. The molecule has 1 fully saturated rings. The second kappa shape index (κ2) is 7.51. The van der Waals surface area contributed by atoms with E-state index in [0.29, 0.717) is 5.02 Å². The Morgan fingerprint density at radius 2 is 2.24 bits per heavy atom. The SMILES string of the molecule is CCC(C)(C(Cc1ccncc1Cl)NN)N1CCOCC1. The summed E-state index contributed by atoms with van der Waals surface area (Å²) in [5, 5.41) is 0.693. The zero-order chi connectivity index (χ0) is 15.3. The molecular weight excluding hydrogens is 288 g/mol. The van der Waals surface area contributed by atoms with E-state index in [0.717, 1.165) is 44.7 Å². The average molecular weight is 313 g/mol. The van der Waals surface area contributed by atoms with Gasteiger partial charge in [0.05, 0.1) is 18.2 Å². The molecule has 2 unspecified atom stereocenters. The Bertz CT molecular complexity index is 453. The minimum absolute atomic E-state index is 0.0366. The zero-order valence-corrected chi connectivity index (χ0v) is 13.6. The van der Waals surface area contributed by atoms with Gasteiger partial charge in [0.25, 0.3) is 0 Å². The fourth-order valence-corrected chi connectivity index (χ4v) is 3.21. The monoisotopic (exact) mass is 312 g/mol. The van der Waals surface area contributed by atoms with E-state index < -0.39 is 0 Å². The van der Waals surface area contributed by atoms with Gasteiger partial charge in [0.15, 0.2) is 0 Å². The number of nitrogens with two attached hydrogens (primary N) is 1. The van der Waals surface area contributed by atoms with Crippen molar-refractivity contribution in [3.8, 4) is 0 Å². The van der Waals surface area contributed by atoms with Crippen LogP contribution >= 0.6 is 11.6 Å². The molecular formula is C15H25ClN4O. The minimum Gasteiger partial charge on any atom is -0.379 e. The molecule has 2 heterocycles. The number of hydrogen-bond donors (Lipinski definition) is 2. The molecule has 21 heavy (non-hydrogen) atoms. The lowest BCUT2D eigenvalue weighted by atomic mass is 9.83. The number of hydrazine groups is 1. The van der Waals surface area contributed by atoms with Gasteiger partial charge in [0.2, 0.25) is 0 Å². The molecule has 0 saturated carbocycles. The van der Waals surface area contributed by atoms with Gasteiger partial charge < -0.3 is 4.74 Å². The van der Waals surface area contributed by atoms with Gasteiger partial charge in [-0.3, -0.25) is 21.2 Å². The van der Waals surface area contributed by atoms with Crippen molar-refractivity contribution in [2.75, 3.05) is 26.3 Å². The van der Waals surface area contributed by atoms with Crippen molar-refractivity contribution in [2.24, 2.45) is 5.84 Å². The molecule has 0 aromatic carbocycles. The van der Waals surface area contributed by atoms with E-state index in [2.05, 4.69) is 29.2 Å². The Balaban J connectivity index is 2.18. The number of halogens is 1. The van der Waals surface area contributed by atoms with Gasteiger partial charge in [0, 0.05) is 37.1 Å². The van der Waals surface area contributed by atoms with Crippen LogP contribution in [0, 0.1) is 0 Å². The molecule has 1 saturated heterocycles. The number of aromatic nitrogens is 1. The van der Waals surface area contributed by atoms with Crippen molar-refractivity contribution < 1.29 is 4.74 Å². The Morgan fingerprint density at radius 3 is 2.81 bits per heavy atom. The molecule has 3 N–H and O–H groups in total. The molecule has 0 radical (unpaired) electrons. The highest BCUT2D eigenvalue weighted by molar-refractivity contribution is 6.31. The van der Waals surface area contributed by atoms with E-state index in [-0.39, 0.29) is 11.6 Å². The van der Waals surface area contributed by atoms with Crippen LogP contribution in [0.1, 0.15) is 25.8 Å². The number of nitrogens with one attached hydrogen (secondary N) is 1. The van der Waals surface area contributed by atoms with Gasteiger partial charge in [-0.05, 0) is 31.4 Å². The van der Waals surface area contributed by atoms with E-state index in [9.17, 15) is 0 Å². The second-order valence-corrected chi connectivity index (χ2v) is 6.11. The van der Waals surface area contributed by atoms with Crippen molar-refractivity contribution >= 4 is 11.6 Å². The summed E-state index contributed by atoms with van der Waals surface area (Å²) in [5.74, 6) is 5.87. The Hall–Kier alpha value is -0.720. The zero-order valence-electron chi connectivity index (χ0n) is 12.8. The topological polar surface area (TPSA) is 63.4 Å². The van der Waals surface area contributed by atoms with Gasteiger partial charge in [-0.1, -0.05) is 18.5 Å². The number of pyridine rings is 1. The van der Waals surface area contributed by atoms with E-state index >= 15 is 0 Å². The van der Waals surface area contributed by atoms with Crippen LogP contribution in [0.3, 0.4) is 0 Å². The average Bonchev–Trinajstić information content (AvgIpc) is 2.54. The van der Waals surface area contributed by atoms with Crippen LogP contribution in [0.5, 0.6) is 0 Å². The van der Waals surface area contributed by atoms with E-state index in [1.807, 2.05) is 6.07 Å². The van der Waals surface area contributed by atoms with Crippen molar-refractivity contribution in [1.29, 1.82) is 0 Å². The first kappa shape index (κ1) is 16.6. The maximum atomic E-state index is 6.24. The number of morpholine rings is 1. The molecule has 1 aromatic heterocycles. The summed E-state index contributed by atoms with van der Waals surface area (Å²) in [7, 11) is 0. The summed E-state index contributed by atoms with van der Waals surface area (Å²) in [5.41, 5.74) is 4.04. The summed E-state index contributed by atoms with van der Waals surface area (Å²) in [6, 6.07) is 2.07. The van der Waals surface area contributed by atoms with Crippen LogP contribution in [0.4, 0.5) is 0 Å². The summed E-state index contributed by atoms with van der Waals surface area (Å²) in [6.45, 7) is 7.90. The summed E-state index contributed by atoms with van der Waals surface area (Å²) in [4.78, 5) is 6.51. The Kier molecular flexibility index (Phi) is 5.96. The molecule has 6 heteroatoms. The lowest BCUT2D eigenvalue weighted by Gasteiger charge is -2.47. The quantitative estimate of drug-likeness (QED) is 0.617. The molecule has 5 nitrogen and oxygen atoms in total. The molecule has 0 aliphatic carbocycles. The van der Waals surface area contributed by atoms with Crippen molar-refractivity contribution in [3.05, 3.63) is 29.0 Å². The molecule has 0 spiro atoms. The molecule has 2 rings (SSSR count). The second-order valence-electron chi connectivity index (χ2n) is 5.70. The first-order chi connectivity index (χ1) is 10.1. The number of rotatable bonds is 6. The van der Waals surface area contributed by atoms with Gasteiger partial charge in [0.1, 0.15) is 0 Å². The van der Waals surface area contributed by atoms with Gasteiger partial charge >= 0.3 is 0 Å². The van der Waals surface area contributed by atoms with Crippen molar-refractivity contribution in [1.82, 2.24) is 15.3 Å². The van der Waals surface area contributed by atoms with Gasteiger partial charge in [-0.15, -0.1) is 0 Å². The van der Waals surface area contributed by atoms with Crippen LogP contribution in [0.15, 0.2) is 18.5 Å². The van der Waals surface area contributed by atoms with Crippen molar-refractivity contribution in [3.63, 3.8) is 0 Å². The molecule has 1 aromatic rings. The van der Waals surface area contributed by atoms with Gasteiger partial charge in [-0.25, -0.2) is 0 Å². The molecule has 0 bridgehead atoms. The summed E-state index contributed by atoms with van der Waals surface area (Å²) >= 11 is 6.24. The highest BCUT2D eigenvalue weighted by Gasteiger charge is 2.38. The third kappa shape index (κ3) is 3.73. The van der Waals surface area contributed by atoms with Crippen LogP contribution in [-0.2, 0) is 11.2 Å². The van der Waals surface area contributed by atoms with E-state index in [1.165, 1.54) is 0 Å². The standard InChI is InChI=1S/C15H25ClN4O/c1-3-15(2,20-6-8-21-9-7-20)14(19-17)10-12-4-5-18-11-13(12)16/h4-5,11,14,19H,3,6-10,17H2,1-2H3. The van der Waals surface area contributed by atoms with Crippen LogP contribution < -0.4 is 11.3 Å². The first-order valence-corrected chi connectivity index (χ1v) is 7.87. The highest BCUT2D eigenvalue weighted by Crippen LogP contribution is 2.28. The Morgan fingerprint density at radius 1 is 1.52 bits per heavy atom. The molecule has 2 atom stereocenters. The highest BCUT2D eigenvalue weighted by atomic mass is 35.5. The molecule has 0 amide bonds. The largest absolute Gasteiger partial charge is 0.379 e. The number of ether oxygens (including phenoxy) is 1. The maximum absolute atomic E-state index is 6.24. The predicted octanol–water partition coefficient (Wildman–Crippen LogP) is 1.61. The fraction of sp³-hybridized carbons (Fsp3) is 0.667. The van der Waals surface area contributed by atoms with Crippen molar-refractivity contribution in [2.45, 2.75) is 38.3 Å². The number of hydrogen-bond acceptors (Lipinski definition) is 5. The first-order valence-electron chi connectivity index (χ1n) is 7.49. The lowest BCUT2D eigenvalue weighted by Crippen LogP contribution is -2.63. The minimum atomic E-state index is -0.0366. The maximum Gasteiger partial charge on any atom is 0.0621 e. The Labute approximate surface area is 131 Å². The van der Waals surface area contributed by atoms with E-state index in [1.54, 1.807) is 12.4 Å². The summed E-state index contributed by atoms with van der Waals surface area (Å²) in [6.07, 6.45) is 5.24. The molecule has 118 valence electrons. The van der Waals surface area contributed by atoms with Crippen LogP contribution in [-0.4, -0.2) is 47.8 Å². The third-order valence-electron chi connectivity index (χ3n) is 4.68.